The summed E-state index contributed by atoms with van der Waals surface area (Å²) in [5.41, 5.74) is 6.27. The number of hydrogen-bond donors (Lipinski definition) is 1. The Morgan fingerprint density at radius 1 is 1.25 bits per heavy atom. The average Bonchev–Trinajstić information content (AvgIpc) is 2.34. The van der Waals surface area contributed by atoms with E-state index < -0.39 is 0 Å². The zero-order chi connectivity index (χ0) is 12.4. The molecule has 0 amide bonds. The lowest BCUT2D eigenvalue weighted by Gasteiger charge is -2.31. The van der Waals surface area contributed by atoms with Crippen LogP contribution in [0, 0.1) is 5.92 Å². The Balaban J connectivity index is 2.52. The lowest BCUT2D eigenvalue weighted by molar-refractivity contribution is -0.0768. The Kier molecular flexibility index (Phi) is 4.42. The summed E-state index contributed by atoms with van der Waals surface area (Å²) in [4.78, 5) is 0. The summed E-state index contributed by atoms with van der Waals surface area (Å²) in [6, 6.07) is 0.295. The standard InChI is InChI=1S/C14H29NO/c1-6-7-8-9-12(15)11-10-13(2,3)16-14(11,4)5/h11-12H,6-10,15H2,1-5H3. The second-order valence-electron chi connectivity index (χ2n) is 6.44. The van der Waals surface area contributed by atoms with Crippen LogP contribution in [-0.4, -0.2) is 17.2 Å². The molecule has 2 atom stereocenters. The number of ether oxygens (including phenoxy) is 1. The van der Waals surface area contributed by atoms with Gasteiger partial charge in [-0.15, -0.1) is 0 Å². The summed E-state index contributed by atoms with van der Waals surface area (Å²) in [5.74, 6) is 0.499. The van der Waals surface area contributed by atoms with Gasteiger partial charge in [-0.3, -0.25) is 0 Å². The average molecular weight is 227 g/mol. The van der Waals surface area contributed by atoms with Gasteiger partial charge in [-0.05, 0) is 40.5 Å². The Morgan fingerprint density at radius 3 is 2.31 bits per heavy atom. The maximum Gasteiger partial charge on any atom is 0.0677 e. The van der Waals surface area contributed by atoms with Crippen LogP contribution >= 0.6 is 0 Å². The molecule has 2 unspecified atom stereocenters. The van der Waals surface area contributed by atoms with Gasteiger partial charge in [0, 0.05) is 12.0 Å². The minimum absolute atomic E-state index is 0.00343. The zero-order valence-corrected chi connectivity index (χ0v) is 11.7. The van der Waals surface area contributed by atoms with Crippen molar-refractivity contribution in [3.05, 3.63) is 0 Å². The van der Waals surface area contributed by atoms with Gasteiger partial charge in [0.1, 0.15) is 0 Å². The van der Waals surface area contributed by atoms with Crippen LogP contribution in [-0.2, 0) is 4.74 Å². The van der Waals surface area contributed by atoms with E-state index in [0.717, 1.165) is 12.8 Å². The zero-order valence-electron chi connectivity index (χ0n) is 11.7. The molecule has 1 fully saturated rings. The fourth-order valence-corrected chi connectivity index (χ4v) is 3.10. The molecule has 96 valence electrons. The summed E-state index contributed by atoms with van der Waals surface area (Å²) in [7, 11) is 0. The van der Waals surface area contributed by atoms with Gasteiger partial charge in [0.2, 0.25) is 0 Å². The van der Waals surface area contributed by atoms with Crippen LogP contribution in [0.4, 0.5) is 0 Å². The normalized spacial score (nSPS) is 29.2. The van der Waals surface area contributed by atoms with Crippen LogP contribution in [0.1, 0.15) is 66.7 Å². The highest BCUT2D eigenvalue weighted by molar-refractivity contribution is 4.98. The largest absolute Gasteiger partial charge is 0.369 e. The Hall–Kier alpha value is -0.0800. The van der Waals surface area contributed by atoms with Gasteiger partial charge in [-0.2, -0.15) is 0 Å². The molecule has 16 heavy (non-hydrogen) atoms. The maximum atomic E-state index is 6.34. The first kappa shape index (κ1) is 14.0. The summed E-state index contributed by atoms with van der Waals surface area (Å²) in [6.45, 7) is 11.0. The van der Waals surface area contributed by atoms with Gasteiger partial charge >= 0.3 is 0 Å². The van der Waals surface area contributed by atoms with Crippen LogP contribution in [0.15, 0.2) is 0 Å². The second kappa shape index (κ2) is 5.05. The first-order chi connectivity index (χ1) is 7.28. The molecule has 2 nitrogen and oxygen atoms in total. The SMILES string of the molecule is CCCCCC(N)C1CC(C)(C)OC1(C)C. The van der Waals surface area contributed by atoms with Gasteiger partial charge < -0.3 is 10.5 Å². The van der Waals surface area contributed by atoms with Gasteiger partial charge in [0.05, 0.1) is 11.2 Å². The molecular weight excluding hydrogens is 198 g/mol. The third kappa shape index (κ3) is 3.46. The summed E-state index contributed by atoms with van der Waals surface area (Å²) < 4.78 is 6.10. The van der Waals surface area contributed by atoms with E-state index in [9.17, 15) is 0 Å². The summed E-state index contributed by atoms with van der Waals surface area (Å²) in [6.07, 6.45) is 6.05. The molecule has 1 heterocycles. The van der Waals surface area contributed by atoms with Gasteiger partial charge in [-0.1, -0.05) is 26.2 Å². The Labute approximate surface area is 101 Å². The van der Waals surface area contributed by atoms with Crippen molar-refractivity contribution in [2.45, 2.75) is 84.0 Å². The lowest BCUT2D eigenvalue weighted by atomic mass is 9.80. The van der Waals surface area contributed by atoms with Crippen LogP contribution in [0.2, 0.25) is 0 Å². The van der Waals surface area contributed by atoms with Crippen LogP contribution < -0.4 is 5.73 Å². The topological polar surface area (TPSA) is 35.2 Å². The van der Waals surface area contributed by atoms with E-state index in [-0.39, 0.29) is 11.2 Å². The molecule has 0 aromatic rings. The molecule has 0 spiro atoms. The van der Waals surface area contributed by atoms with E-state index in [0.29, 0.717) is 12.0 Å². The predicted molar refractivity (Wildman–Crippen MR) is 69.5 cm³/mol. The van der Waals surface area contributed by atoms with Crippen LogP contribution in [0.3, 0.4) is 0 Å². The van der Waals surface area contributed by atoms with E-state index in [2.05, 4.69) is 34.6 Å². The van der Waals surface area contributed by atoms with E-state index in [4.69, 9.17) is 10.5 Å². The first-order valence-electron chi connectivity index (χ1n) is 6.74. The highest BCUT2D eigenvalue weighted by Crippen LogP contribution is 2.43. The number of hydrogen-bond acceptors (Lipinski definition) is 2. The van der Waals surface area contributed by atoms with Crippen molar-refractivity contribution in [2.75, 3.05) is 0 Å². The Bertz CT molecular complexity index is 223. The van der Waals surface area contributed by atoms with E-state index in [1.54, 1.807) is 0 Å². The molecule has 0 aromatic carbocycles. The van der Waals surface area contributed by atoms with Crippen molar-refractivity contribution in [3.8, 4) is 0 Å². The quantitative estimate of drug-likeness (QED) is 0.730. The number of nitrogens with two attached hydrogens (primary N) is 1. The molecule has 0 radical (unpaired) electrons. The molecule has 0 saturated carbocycles. The van der Waals surface area contributed by atoms with Gasteiger partial charge in [0.15, 0.2) is 0 Å². The van der Waals surface area contributed by atoms with Crippen molar-refractivity contribution in [2.24, 2.45) is 11.7 Å². The molecule has 2 heteroatoms. The smallest absolute Gasteiger partial charge is 0.0677 e. The predicted octanol–water partition coefficient (Wildman–Crippen LogP) is 3.49. The third-order valence-corrected chi connectivity index (χ3v) is 3.80. The van der Waals surface area contributed by atoms with Gasteiger partial charge in [0.25, 0.3) is 0 Å². The minimum Gasteiger partial charge on any atom is -0.369 e. The van der Waals surface area contributed by atoms with Crippen molar-refractivity contribution < 1.29 is 4.74 Å². The van der Waals surface area contributed by atoms with E-state index in [1.807, 2.05) is 0 Å². The fourth-order valence-electron chi connectivity index (χ4n) is 3.10. The van der Waals surface area contributed by atoms with Crippen molar-refractivity contribution in [3.63, 3.8) is 0 Å². The minimum atomic E-state index is -0.0604. The highest BCUT2D eigenvalue weighted by atomic mass is 16.5. The highest BCUT2D eigenvalue weighted by Gasteiger charge is 2.47. The molecule has 1 rings (SSSR count). The molecular formula is C14H29NO. The monoisotopic (exact) mass is 227 g/mol. The summed E-state index contributed by atoms with van der Waals surface area (Å²) >= 11 is 0. The molecule has 0 bridgehead atoms. The second-order valence-corrected chi connectivity index (χ2v) is 6.44. The maximum absolute atomic E-state index is 6.34. The van der Waals surface area contributed by atoms with Crippen molar-refractivity contribution in [1.29, 1.82) is 0 Å². The van der Waals surface area contributed by atoms with Crippen molar-refractivity contribution >= 4 is 0 Å². The molecule has 1 saturated heterocycles. The molecule has 0 aromatic heterocycles. The fraction of sp³-hybridized carbons (Fsp3) is 1.00. The lowest BCUT2D eigenvalue weighted by Crippen LogP contribution is -2.41. The summed E-state index contributed by atoms with van der Waals surface area (Å²) in [5, 5.41) is 0. The van der Waals surface area contributed by atoms with Crippen LogP contribution in [0.25, 0.3) is 0 Å². The van der Waals surface area contributed by atoms with Crippen molar-refractivity contribution in [1.82, 2.24) is 0 Å². The third-order valence-electron chi connectivity index (χ3n) is 3.80. The van der Waals surface area contributed by atoms with E-state index >= 15 is 0 Å². The van der Waals surface area contributed by atoms with E-state index in [1.165, 1.54) is 19.3 Å². The Morgan fingerprint density at radius 2 is 1.88 bits per heavy atom. The number of rotatable bonds is 5. The number of unbranched alkanes of at least 4 members (excludes halogenated alkanes) is 2. The van der Waals surface area contributed by atoms with Gasteiger partial charge in [-0.25, -0.2) is 0 Å². The first-order valence-corrected chi connectivity index (χ1v) is 6.74. The van der Waals surface area contributed by atoms with Crippen LogP contribution in [0.5, 0.6) is 0 Å². The molecule has 1 aliphatic rings. The molecule has 2 N–H and O–H groups in total. The molecule has 1 aliphatic heterocycles. The molecule has 0 aliphatic carbocycles.